The van der Waals surface area contributed by atoms with E-state index in [2.05, 4.69) is 10.1 Å². The number of imidazole rings is 1. The summed E-state index contributed by atoms with van der Waals surface area (Å²) in [4.78, 5) is 31.2. The molecule has 0 aliphatic carbocycles. The van der Waals surface area contributed by atoms with Crippen LogP contribution in [0, 0.1) is 17.6 Å². The fourth-order valence-corrected chi connectivity index (χ4v) is 3.53. The summed E-state index contributed by atoms with van der Waals surface area (Å²) >= 11 is 0. The Morgan fingerprint density at radius 2 is 2.10 bits per heavy atom. The fourth-order valence-electron chi connectivity index (χ4n) is 3.53. The Balaban J connectivity index is 1.38. The number of hydrogen-bond donors (Lipinski definition) is 0. The summed E-state index contributed by atoms with van der Waals surface area (Å²) in [5, 5.41) is 3.79. The molecule has 31 heavy (non-hydrogen) atoms. The molecule has 0 bridgehead atoms. The average molecular weight is 430 g/mol. The molecule has 1 atom stereocenters. The maximum absolute atomic E-state index is 13.3. The fraction of sp³-hybridized carbons (Fsp3) is 0.333. The molecule has 1 aromatic carbocycles. The molecule has 3 heterocycles. The van der Waals surface area contributed by atoms with Crippen LogP contribution in [-0.2, 0) is 13.7 Å². The van der Waals surface area contributed by atoms with Gasteiger partial charge in [0.15, 0.2) is 28.9 Å². The van der Waals surface area contributed by atoms with E-state index in [1.165, 1.54) is 12.1 Å². The van der Waals surface area contributed by atoms with Gasteiger partial charge >= 0.3 is 0 Å². The predicted molar refractivity (Wildman–Crippen MR) is 103 cm³/mol. The van der Waals surface area contributed by atoms with E-state index in [9.17, 15) is 18.4 Å². The summed E-state index contributed by atoms with van der Waals surface area (Å²) in [7, 11) is 1.76. The number of ketones is 1. The number of carbonyl (C=O) groups excluding carboxylic acids is 2. The Hall–Kier alpha value is -3.56. The van der Waals surface area contributed by atoms with E-state index in [-0.39, 0.29) is 48.0 Å². The van der Waals surface area contributed by atoms with Gasteiger partial charge in [-0.15, -0.1) is 0 Å². The lowest BCUT2D eigenvalue weighted by Crippen LogP contribution is -2.42. The van der Waals surface area contributed by atoms with Crippen LogP contribution < -0.4 is 4.74 Å². The van der Waals surface area contributed by atoms with Gasteiger partial charge in [-0.2, -0.15) is 0 Å². The first-order valence-electron chi connectivity index (χ1n) is 9.76. The first-order chi connectivity index (χ1) is 14.9. The summed E-state index contributed by atoms with van der Waals surface area (Å²) in [5.74, 6) is -2.02. The van der Waals surface area contributed by atoms with Crippen molar-refractivity contribution in [3.05, 3.63) is 65.6 Å². The van der Waals surface area contributed by atoms with Crippen molar-refractivity contribution < 1.29 is 27.6 Å². The number of aromatic nitrogens is 3. The summed E-state index contributed by atoms with van der Waals surface area (Å²) in [6, 6.07) is 4.60. The second-order valence-corrected chi connectivity index (χ2v) is 7.36. The van der Waals surface area contributed by atoms with E-state index in [0.29, 0.717) is 25.2 Å². The van der Waals surface area contributed by atoms with Crippen LogP contribution in [0.3, 0.4) is 0 Å². The lowest BCUT2D eigenvalue weighted by molar-refractivity contribution is 0.0624. The van der Waals surface area contributed by atoms with Gasteiger partial charge in [-0.25, -0.2) is 13.8 Å². The standard InChI is InChI=1S/C21H20F2N4O4/c1-26-8-6-24-20(26)19(28)13-3-2-7-27(11-13)21(29)18-10-15(31-25-18)12-30-14-4-5-16(22)17(23)9-14/h4-6,8-10,13H,2-3,7,11-12H2,1H3/t13-/m1/s1. The molecule has 0 radical (unpaired) electrons. The molecule has 10 heteroatoms. The zero-order valence-corrected chi connectivity index (χ0v) is 16.8. The minimum atomic E-state index is -1.02. The van der Waals surface area contributed by atoms with Crippen LogP contribution in [0.1, 0.15) is 39.7 Å². The number of ether oxygens (including phenoxy) is 1. The number of piperidine rings is 1. The van der Waals surface area contributed by atoms with Gasteiger partial charge < -0.3 is 18.7 Å². The molecule has 0 N–H and O–H groups in total. The molecule has 0 saturated carbocycles. The van der Waals surface area contributed by atoms with Crippen molar-refractivity contribution >= 4 is 11.7 Å². The lowest BCUT2D eigenvalue weighted by atomic mass is 9.93. The van der Waals surface area contributed by atoms with Gasteiger partial charge in [-0.1, -0.05) is 5.16 Å². The topological polar surface area (TPSA) is 90.5 Å². The summed E-state index contributed by atoms with van der Waals surface area (Å²) in [6.07, 6.45) is 4.65. The second kappa shape index (κ2) is 8.66. The molecule has 162 valence electrons. The number of likely N-dealkylation sites (tertiary alicyclic amines) is 1. The van der Waals surface area contributed by atoms with E-state index in [1.807, 2.05) is 0 Å². The van der Waals surface area contributed by atoms with Gasteiger partial charge in [0.1, 0.15) is 12.4 Å². The zero-order valence-electron chi connectivity index (χ0n) is 16.8. The Morgan fingerprint density at radius 3 is 2.84 bits per heavy atom. The van der Waals surface area contributed by atoms with Crippen molar-refractivity contribution in [2.24, 2.45) is 13.0 Å². The molecule has 1 aliphatic heterocycles. The van der Waals surface area contributed by atoms with Crippen molar-refractivity contribution in [2.45, 2.75) is 19.4 Å². The Bertz CT molecular complexity index is 1110. The first-order valence-corrected chi connectivity index (χ1v) is 9.76. The van der Waals surface area contributed by atoms with Crippen molar-refractivity contribution in [3.8, 4) is 5.75 Å². The highest BCUT2D eigenvalue weighted by Gasteiger charge is 2.32. The van der Waals surface area contributed by atoms with Gasteiger partial charge in [-0.05, 0) is 25.0 Å². The molecule has 0 unspecified atom stereocenters. The molecular weight excluding hydrogens is 410 g/mol. The summed E-state index contributed by atoms with van der Waals surface area (Å²) in [6.45, 7) is 0.681. The molecule has 1 saturated heterocycles. The van der Waals surface area contributed by atoms with Crippen LogP contribution in [0.25, 0.3) is 0 Å². The smallest absolute Gasteiger partial charge is 0.276 e. The maximum atomic E-state index is 13.3. The largest absolute Gasteiger partial charge is 0.485 e. The van der Waals surface area contributed by atoms with Crippen LogP contribution in [0.4, 0.5) is 8.78 Å². The molecule has 0 spiro atoms. The molecule has 8 nitrogen and oxygen atoms in total. The Morgan fingerprint density at radius 1 is 1.26 bits per heavy atom. The number of nitrogens with zero attached hydrogens (tertiary/aromatic N) is 4. The minimum Gasteiger partial charge on any atom is -0.485 e. The monoisotopic (exact) mass is 430 g/mol. The molecule has 2 aromatic heterocycles. The predicted octanol–water partition coefficient (Wildman–Crippen LogP) is 3.00. The van der Waals surface area contributed by atoms with E-state index in [0.717, 1.165) is 12.1 Å². The van der Waals surface area contributed by atoms with Crippen molar-refractivity contribution in [2.75, 3.05) is 13.1 Å². The van der Waals surface area contributed by atoms with Gasteiger partial charge in [0, 0.05) is 50.6 Å². The Labute approximate surface area is 176 Å². The van der Waals surface area contributed by atoms with E-state index < -0.39 is 11.6 Å². The highest BCUT2D eigenvalue weighted by Crippen LogP contribution is 2.22. The van der Waals surface area contributed by atoms with Crippen molar-refractivity contribution in [1.82, 2.24) is 19.6 Å². The maximum Gasteiger partial charge on any atom is 0.276 e. The highest BCUT2D eigenvalue weighted by molar-refractivity contribution is 5.96. The third-order valence-corrected chi connectivity index (χ3v) is 5.17. The number of carbonyl (C=O) groups is 2. The van der Waals surface area contributed by atoms with Crippen LogP contribution in [0.5, 0.6) is 5.75 Å². The van der Waals surface area contributed by atoms with Crippen LogP contribution in [-0.4, -0.2) is 44.4 Å². The average Bonchev–Trinajstić information content (AvgIpc) is 3.42. The summed E-state index contributed by atoms with van der Waals surface area (Å²) < 4.78 is 38.4. The number of aryl methyl sites for hydroxylation is 1. The van der Waals surface area contributed by atoms with Gasteiger partial charge in [-0.3, -0.25) is 9.59 Å². The van der Waals surface area contributed by atoms with Crippen LogP contribution >= 0.6 is 0 Å². The SMILES string of the molecule is Cn1ccnc1C(=O)[C@@H]1CCCN(C(=O)c2cc(COc3ccc(F)c(F)c3)on2)C1. The molecule has 1 aliphatic rings. The van der Waals surface area contributed by atoms with Crippen LogP contribution in [0.2, 0.25) is 0 Å². The van der Waals surface area contributed by atoms with E-state index >= 15 is 0 Å². The number of halogens is 2. The number of amides is 1. The lowest BCUT2D eigenvalue weighted by Gasteiger charge is -2.31. The Kier molecular flexibility index (Phi) is 5.79. The zero-order chi connectivity index (χ0) is 22.0. The summed E-state index contributed by atoms with van der Waals surface area (Å²) in [5.41, 5.74) is 0.0916. The van der Waals surface area contributed by atoms with Gasteiger partial charge in [0.25, 0.3) is 5.91 Å². The quantitative estimate of drug-likeness (QED) is 0.559. The number of Topliss-reactive ketones (excluding diaryl/α,β-unsaturated/α-hetero) is 1. The molecule has 4 rings (SSSR count). The van der Waals surface area contributed by atoms with Crippen molar-refractivity contribution in [3.63, 3.8) is 0 Å². The van der Waals surface area contributed by atoms with E-state index in [1.54, 1.807) is 28.9 Å². The second-order valence-electron chi connectivity index (χ2n) is 7.36. The third-order valence-electron chi connectivity index (χ3n) is 5.17. The number of hydrogen-bond acceptors (Lipinski definition) is 6. The highest BCUT2D eigenvalue weighted by atomic mass is 19.2. The first kappa shape index (κ1) is 20.7. The molecular formula is C21H20F2N4O4. The van der Waals surface area contributed by atoms with Gasteiger partial charge in [0.05, 0.1) is 0 Å². The molecule has 1 amide bonds. The van der Waals surface area contributed by atoms with Gasteiger partial charge in [0.2, 0.25) is 5.78 Å². The minimum absolute atomic E-state index is 0.0916. The molecule has 1 fully saturated rings. The normalized spacial score (nSPS) is 16.4. The number of rotatable bonds is 6. The van der Waals surface area contributed by atoms with E-state index in [4.69, 9.17) is 9.26 Å². The number of benzene rings is 1. The molecule has 3 aromatic rings. The van der Waals surface area contributed by atoms with Crippen molar-refractivity contribution in [1.29, 1.82) is 0 Å². The third kappa shape index (κ3) is 4.47. The van der Waals surface area contributed by atoms with Crippen LogP contribution in [0.15, 0.2) is 41.2 Å².